The molecule has 1 aromatic rings. The summed E-state index contributed by atoms with van der Waals surface area (Å²) < 4.78 is 4.98. The number of amides is 2. The Balaban J connectivity index is 2.07. The second kappa shape index (κ2) is 6.83. The van der Waals surface area contributed by atoms with Crippen LogP contribution >= 0.6 is 11.8 Å². The van der Waals surface area contributed by atoms with E-state index in [2.05, 4.69) is 0 Å². The van der Waals surface area contributed by atoms with E-state index in [1.54, 1.807) is 16.7 Å². The van der Waals surface area contributed by atoms with E-state index >= 15 is 0 Å². The van der Waals surface area contributed by atoms with Crippen molar-refractivity contribution in [3.05, 3.63) is 24.3 Å². The van der Waals surface area contributed by atoms with E-state index in [1.807, 2.05) is 30.5 Å². The van der Waals surface area contributed by atoms with Crippen LogP contribution in [-0.2, 0) is 19.1 Å². The van der Waals surface area contributed by atoms with Gasteiger partial charge in [0.25, 0.3) is 5.91 Å². The van der Waals surface area contributed by atoms with Crippen molar-refractivity contribution in [2.75, 3.05) is 17.7 Å². The van der Waals surface area contributed by atoms with Crippen molar-refractivity contribution >= 4 is 35.2 Å². The van der Waals surface area contributed by atoms with Crippen LogP contribution in [0.25, 0.3) is 0 Å². The highest BCUT2D eigenvalue weighted by atomic mass is 32.2. The smallest absolute Gasteiger partial charge is 0.312 e. The zero-order chi connectivity index (χ0) is 16.3. The third-order valence-corrected chi connectivity index (χ3v) is 4.24. The first kappa shape index (κ1) is 16.4. The number of anilines is 1. The molecule has 22 heavy (non-hydrogen) atoms. The summed E-state index contributed by atoms with van der Waals surface area (Å²) in [6.07, 6.45) is 1.04. The number of carbonyl (C=O) groups is 3. The molecule has 0 bridgehead atoms. The Morgan fingerprint density at radius 2 is 2.18 bits per heavy atom. The zero-order valence-corrected chi connectivity index (χ0v) is 13.3. The second-order valence-electron chi connectivity index (χ2n) is 5.09. The molecule has 2 atom stereocenters. The molecule has 1 aliphatic rings. The van der Waals surface area contributed by atoms with Crippen LogP contribution in [0.4, 0.5) is 5.69 Å². The highest BCUT2D eigenvalue weighted by Gasteiger charge is 2.37. The van der Waals surface area contributed by atoms with Gasteiger partial charge >= 0.3 is 5.97 Å². The number of nitrogens with two attached hydrogens (primary N) is 1. The number of hydrogen-bond donors (Lipinski definition) is 1. The van der Waals surface area contributed by atoms with Gasteiger partial charge in [-0.1, -0.05) is 6.07 Å². The van der Waals surface area contributed by atoms with Crippen LogP contribution in [0.1, 0.15) is 13.3 Å². The number of ether oxygens (including phenoxy) is 1. The molecule has 0 radical (unpaired) electrons. The predicted molar refractivity (Wildman–Crippen MR) is 83.4 cm³/mol. The zero-order valence-electron chi connectivity index (χ0n) is 12.4. The summed E-state index contributed by atoms with van der Waals surface area (Å²) in [6, 6.07) is 7.56. The largest absolute Gasteiger partial charge is 0.452 e. The van der Waals surface area contributed by atoms with Crippen molar-refractivity contribution < 1.29 is 19.1 Å². The van der Waals surface area contributed by atoms with Gasteiger partial charge in [-0.2, -0.15) is 0 Å². The van der Waals surface area contributed by atoms with Gasteiger partial charge in [-0.3, -0.25) is 14.4 Å². The molecule has 0 saturated carbocycles. The van der Waals surface area contributed by atoms with Gasteiger partial charge < -0.3 is 15.4 Å². The summed E-state index contributed by atoms with van der Waals surface area (Å²) in [5, 5.41) is 0. The lowest BCUT2D eigenvalue weighted by Crippen LogP contribution is -2.33. The summed E-state index contributed by atoms with van der Waals surface area (Å²) >= 11 is 1.58. The van der Waals surface area contributed by atoms with E-state index in [1.165, 1.54) is 6.92 Å². The van der Waals surface area contributed by atoms with Crippen molar-refractivity contribution in [3.63, 3.8) is 0 Å². The number of benzene rings is 1. The van der Waals surface area contributed by atoms with Crippen LogP contribution in [0.3, 0.4) is 0 Å². The molecular weight excluding hydrogens is 304 g/mol. The summed E-state index contributed by atoms with van der Waals surface area (Å²) in [4.78, 5) is 37.7. The van der Waals surface area contributed by atoms with Gasteiger partial charge in [0.2, 0.25) is 5.91 Å². The Hall–Kier alpha value is -2.02. The van der Waals surface area contributed by atoms with Gasteiger partial charge in [-0.05, 0) is 31.4 Å². The highest BCUT2D eigenvalue weighted by molar-refractivity contribution is 7.98. The molecule has 2 N–H and O–H groups in total. The molecule has 2 amide bonds. The first-order chi connectivity index (χ1) is 10.4. The maximum atomic E-state index is 12.1. The number of primary amides is 1. The topological polar surface area (TPSA) is 89.7 Å². The monoisotopic (exact) mass is 322 g/mol. The minimum atomic E-state index is -0.989. The average Bonchev–Trinajstić information content (AvgIpc) is 2.89. The number of esters is 1. The van der Waals surface area contributed by atoms with Gasteiger partial charge in [0.1, 0.15) is 0 Å². The molecule has 0 aromatic heterocycles. The quantitative estimate of drug-likeness (QED) is 0.649. The first-order valence-corrected chi connectivity index (χ1v) is 8.09. The fraction of sp³-hybridized carbons (Fsp3) is 0.400. The lowest BCUT2D eigenvalue weighted by molar-refractivity contribution is -0.157. The van der Waals surface area contributed by atoms with Gasteiger partial charge in [-0.15, -0.1) is 11.8 Å². The molecule has 0 aliphatic carbocycles. The van der Waals surface area contributed by atoms with Crippen LogP contribution in [0.2, 0.25) is 0 Å². The van der Waals surface area contributed by atoms with Crippen molar-refractivity contribution in [2.24, 2.45) is 11.7 Å². The van der Waals surface area contributed by atoms with E-state index < -0.39 is 23.9 Å². The van der Waals surface area contributed by atoms with Crippen LogP contribution in [-0.4, -0.2) is 36.7 Å². The third-order valence-electron chi connectivity index (χ3n) is 3.52. The molecule has 7 heteroatoms. The molecule has 1 heterocycles. The summed E-state index contributed by atoms with van der Waals surface area (Å²) in [5.74, 6) is -1.98. The van der Waals surface area contributed by atoms with Gasteiger partial charge in [0, 0.05) is 23.5 Å². The fourth-order valence-corrected chi connectivity index (χ4v) is 2.68. The molecule has 6 nitrogen and oxygen atoms in total. The second-order valence-corrected chi connectivity index (χ2v) is 5.97. The molecule has 1 fully saturated rings. The van der Waals surface area contributed by atoms with Crippen molar-refractivity contribution in [1.82, 2.24) is 0 Å². The molecule has 1 aromatic carbocycles. The third kappa shape index (κ3) is 3.59. The number of thioether (sulfide) groups is 1. The molecule has 2 rings (SSSR count). The van der Waals surface area contributed by atoms with E-state index in [-0.39, 0.29) is 18.9 Å². The predicted octanol–water partition coefficient (Wildman–Crippen LogP) is 1.18. The Bertz CT molecular complexity index is 605. The summed E-state index contributed by atoms with van der Waals surface area (Å²) in [7, 11) is 0. The lowest BCUT2D eigenvalue weighted by Gasteiger charge is -2.17. The Kier molecular flexibility index (Phi) is 5.07. The van der Waals surface area contributed by atoms with Crippen molar-refractivity contribution in [2.45, 2.75) is 24.3 Å². The van der Waals surface area contributed by atoms with Gasteiger partial charge in [0.15, 0.2) is 6.10 Å². The molecule has 1 saturated heterocycles. The van der Waals surface area contributed by atoms with Crippen molar-refractivity contribution in [1.29, 1.82) is 0 Å². The average molecular weight is 322 g/mol. The lowest BCUT2D eigenvalue weighted by atomic mass is 10.1. The molecular formula is C15H18N2O4S. The Morgan fingerprint density at radius 1 is 1.45 bits per heavy atom. The van der Waals surface area contributed by atoms with Crippen molar-refractivity contribution in [3.8, 4) is 0 Å². The van der Waals surface area contributed by atoms with E-state index in [9.17, 15) is 14.4 Å². The maximum Gasteiger partial charge on any atom is 0.312 e. The Labute approximate surface area is 133 Å². The number of hydrogen-bond acceptors (Lipinski definition) is 5. The summed E-state index contributed by atoms with van der Waals surface area (Å²) in [6.45, 7) is 1.66. The number of carbonyl (C=O) groups excluding carboxylic acids is 3. The molecule has 0 spiro atoms. The van der Waals surface area contributed by atoms with Crippen LogP contribution in [0.15, 0.2) is 29.2 Å². The SMILES string of the molecule is CSc1cccc(N2C[C@@H](C(=O)O[C@@H](C)C(N)=O)CC2=O)c1. The number of nitrogens with zero attached hydrogens (tertiary/aromatic N) is 1. The first-order valence-electron chi connectivity index (χ1n) is 6.86. The minimum absolute atomic E-state index is 0.0772. The molecule has 1 aliphatic heterocycles. The van der Waals surface area contributed by atoms with E-state index in [0.29, 0.717) is 0 Å². The fourth-order valence-electron chi connectivity index (χ4n) is 2.22. The van der Waals surface area contributed by atoms with Gasteiger partial charge in [0.05, 0.1) is 5.92 Å². The van der Waals surface area contributed by atoms with E-state index in [0.717, 1.165) is 10.6 Å². The minimum Gasteiger partial charge on any atom is -0.452 e. The van der Waals surface area contributed by atoms with E-state index in [4.69, 9.17) is 10.5 Å². The molecule has 118 valence electrons. The van der Waals surface area contributed by atoms with Crippen LogP contribution in [0.5, 0.6) is 0 Å². The molecule has 0 unspecified atom stereocenters. The maximum absolute atomic E-state index is 12.1. The standard InChI is InChI=1S/C15H18N2O4S/c1-9(14(16)19)21-15(20)10-6-13(18)17(8-10)11-4-3-5-12(7-11)22-2/h3-5,7,9-10H,6,8H2,1-2H3,(H2,16,19)/t9-,10-/m0/s1. The van der Waals surface area contributed by atoms with Crippen LogP contribution in [0, 0.1) is 5.92 Å². The van der Waals surface area contributed by atoms with Gasteiger partial charge in [-0.25, -0.2) is 0 Å². The summed E-state index contributed by atoms with van der Waals surface area (Å²) in [5.41, 5.74) is 5.82. The normalized spacial score (nSPS) is 19.1. The van der Waals surface area contributed by atoms with Crippen LogP contribution < -0.4 is 10.6 Å². The number of rotatable bonds is 5. The Morgan fingerprint density at radius 3 is 2.82 bits per heavy atom. The highest BCUT2D eigenvalue weighted by Crippen LogP contribution is 2.28.